The number of anilines is 1. The van der Waals surface area contributed by atoms with Gasteiger partial charge in [0.05, 0.1) is 6.07 Å². The highest BCUT2D eigenvalue weighted by Gasteiger charge is 2.31. The molecule has 0 fully saturated rings. The Kier molecular flexibility index (Phi) is 7.20. The van der Waals surface area contributed by atoms with E-state index in [1.165, 1.54) is 5.56 Å². The topological polar surface area (TPSA) is 68.3 Å². The number of para-hydroxylation sites is 1. The highest BCUT2D eigenvalue weighted by Crippen LogP contribution is 2.41. The summed E-state index contributed by atoms with van der Waals surface area (Å²) >= 11 is 0. The van der Waals surface area contributed by atoms with E-state index in [1.54, 1.807) is 0 Å². The second-order valence-corrected chi connectivity index (χ2v) is 9.73. The third-order valence-corrected chi connectivity index (χ3v) is 6.58. The van der Waals surface area contributed by atoms with Gasteiger partial charge in [-0.05, 0) is 62.3 Å². The number of aliphatic carboxylic acids is 1. The average molecular weight is 459 g/mol. The molecule has 178 valence electrons. The zero-order chi connectivity index (χ0) is 24.1. The lowest BCUT2D eigenvalue weighted by atomic mass is 9.76. The minimum atomic E-state index is -0.967. The van der Waals surface area contributed by atoms with Crippen LogP contribution in [0.3, 0.4) is 0 Å². The second kappa shape index (κ2) is 10.3. The van der Waals surface area contributed by atoms with E-state index in [0.29, 0.717) is 6.42 Å². The fourth-order valence-corrected chi connectivity index (χ4v) is 4.75. The summed E-state index contributed by atoms with van der Waals surface area (Å²) in [6.45, 7) is 8.44. The van der Waals surface area contributed by atoms with Gasteiger partial charge < -0.3 is 19.6 Å². The van der Waals surface area contributed by atoms with Gasteiger partial charge in [0.15, 0.2) is 0 Å². The summed E-state index contributed by atoms with van der Waals surface area (Å²) in [5, 5.41) is 15.3. The molecule has 0 radical (unpaired) electrons. The Morgan fingerprint density at radius 3 is 2.62 bits per heavy atom. The zero-order valence-electron chi connectivity index (χ0n) is 20.4. The second-order valence-electron chi connectivity index (χ2n) is 9.73. The van der Waals surface area contributed by atoms with Crippen molar-refractivity contribution in [3.63, 3.8) is 0 Å². The van der Waals surface area contributed by atoms with E-state index >= 15 is 0 Å². The van der Waals surface area contributed by atoms with Crippen LogP contribution in [-0.4, -0.2) is 19.1 Å². The molecule has 5 heteroatoms. The summed E-state index contributed by atoms with van der Waals surface area (Å²) in [6.07, 6.45) is 5.68. The summed E-state index contributed by atoms with van der Waals surface area (Å²) in [6, 6.07) is 18.9. The third-order valence-electron chi connectivity index (χ3n) is 6.58. The first-order valence-electron chi connectivity index (χ1n) is 12.2. The first kappa shape index (κ1) is 23.8. The Bertz CT molecular complexity index is 1220. The summed E-state index contributed by atoms with van der Waals surface area (Å²) in [4.78, 5) is 10.6. The molecular weight excluding hydrogens is 424 g/mol. The van der Waals surface area contributed by atoms with Crippen molar-refractivity contribution in [3.05, 3.63) is 77.0 Å². The maximum absolute atomic E-state index is 10.6. The number of hydrogen-bond donors (Lipinski definition) is 1. The van der Waals surface area contributed by atoms with E-state index in [2.05, 4.69) is 73.1 Å². The van der Waals surface area contributed by atoms with Crippen LogP contribution >= 0.6 is 0 Å². The van der Waals surface area contributed by atoms with E-state index in [1.807, 2.05) is 18.2 Å². The summed E-state index contributed by atoms with van der Waals surface area (Å²) in [5.41, 5.74) is 4.52. The zero-order valence-corrected chi connectivity index (χ0v) is 20.4. The molecule has 1 heterocycles. The highest BCUT2D eigenvalue weighted by atomic mass is 16.4. The number of carbonyl (C=O) groups excluding carboxylic acids is 1. The van der Waals surface area contributed by atoms with Gasteiger partial charge in [-0.2, -0.15) is 0 Å². The molecule has 0 unspecified atom stereocenters. The number of nitrogens with one attached hydrogen (secondary N) is 1. The molecule has 4 rings (SSSR count). The van der Waals surface area contributed by atoms with Crippen molar-refractivity contribution < 1.29 is 14.3 Å². The van der Waals surface area contributed by atoms with Crippen molar-refractivity contribution in [1.82, 2.24) is 4.58 Å². The molecule has 1 aromatic rings. The van der Waals surface area contributed by atoms with Crippen LogP contribution in [0.1, 0.15) is 64.2 Å². The standard InChI is InChI=1S/C29H34N2O3/c1-4-31(16-10-6-9-13-28(32)33)24-15-14-21-17-25-27(34-26(21)19-24)18-23(20-29(25,2)3)30-22-11-7-5-8-12-22/h5,7-8,11-12,14-15,17-19H,4,6,9-10,13,16,20H2,1-3H3,(H,32,33). The van der Waals surface area contributed by atoms with Gasteiger partial charge >= 0.3 is 0 Å². The number of carbonyl (C=O) groups is 1. The largest absolute Gasteiger partial charge is 0.550 e. The number of carboxylic acids is 1. The van der Waals surface area contributed by atoms with Gasteiger partial charge in [0.1, 0.15) is 24.6 Å². The van der Waals surface area contributed by atoms with Gasteiger partial charge in [-0.1, -0.05) is 32.0 Å². The van der Waals surface area contributed by atoms with Crippen LogP contribution in [0.2, 0.25) is 0 Å². The Balaban J connectivity index is 1.64. The number of hydrogen-bond acceptors (Lipinski definition) is 4. The lowest BCUT2D eigenvalue weighted by molar-refractivity contribution is -0.305. The maximum atomic E-state index is 10.6. The van der Waals surface area contributed by atoms with Gasteiger partial charge in [0.2, 0.25) is 5.36 Å². The number of rotatable bonds is 9. The Morgan fingerprint density at radius 1 is 1.09 bits per heavy atom. The van der Waals surface area contributed by atoms with E-state index < -0.39 is 5.97 Å². The van der Waals surface area contributed by atoms with E-state index in [0.717, 1.165) is 66.2 Å². The molecule has 0 amide bonds. The monoisotopic (exact) mass is 458 g/mol. The molecule has 0 bridgehead atoms. The molecule has 0 spiro atoms. The van der Waals surface area contributed by atoms with Crippen molar-refractivity contribution in [3.8, 4) is 11.3 Å². The van der Waals surface area contributed by atoms with Crippen LogP contribution < -0.4 is 20.4 Å². The summed E-state index contributed by atoms with van der Waals surface area (Å²) in [5.74, 6) is 0.815. The lowest BCUT2D eigenvalue weighted by Crippen LogP contribution is -2.31. The molecule has 0 atom stereocenters. The van der Waals surface area contributed by atoms with Crippen molar-refractivity contribution in [2.45, 2.75) is 58.3 Å². The molecule has 1 aliphatic heterocycles. The molecule has 0 saturated heterocycles. The van der Waals surface area contributed by atoms with Crippen molar-refractivity contribution >= 4 is 17.7 Å². The van der Waals surface area contributed by atoms with Crippen LogP contribution in [0.4, 0.5) is 5.69 Å². The number of nitrogens with zero attached hydrogens (tertiary/aromatic N) is 1. The molecule has 3 aliphatic rings. The highest BCUT2D eigenvalue weighted by molar-refractivity contribution is 5.69. The number of allylic oxidation sites excluding steroid dienone is 1. The molecule has 2 aliphatic carbocycles. The normalized spacial score (nSPS) is 15.4. The minimum Gasteiger partial charge on any atom is -0.550 e. The molecule has 1 aromatic carbocycles. The quantitative estimate of drug-likeness (QED) is 0.375. The van der Waals surface area contributed by atoms with Gasteiger partial charge in [-0.3, -0.25) is 0 Å². The molecule has 0 aromatic heterocycles. The maximum Gasteiger partial charge on any atom is 0.203 e. The number of benzene rings is 2. The minimum absolute atomic E-state index is 0.0432. The predicted molar refractivity (Wildman–Crippen MR) is 135 cm³/mol. The Labute approximate surface area is 201 Å². The van der Waals surface area contributed by atoms with E-state index in [9.17, 15) is 9.90 Å². The third kappa shape index (κ3) is 5.58. The van der Waals surface area contributed by atoms with Crippen LogP contribution in [0.25, 0.3) is 17.4 Å². The fraction of sp³-hybridized carbons (Fsp3) is 0.379. The number of fused-ring (bicyclic) bond motifs is 2. The van der Waals surface area contributed by atoms with Gasteiger partial charge in [0.25, 0.3) is 0 Å². The molecular formula is C29H34N2O3. The van der Waals surface area contributed by atoms with Crippen LogP contribution in [-0.2, 0) is 10.2 Å². The molecule has 1 N–H and O–H groups in total. The van der Waals surface area contributed by atoms with Gasteiger partial charge in [-0.25, -0.2) is 4.58 Å². The summed E-state index contributed by atoms with van der Waals surface area (Å²) < 4.78 is 8.79. The SMILES string of the molecule is CC[N+](CCCCCC(=O)[O-])=c1ccc2cc3c(oc-2c1)C=C(Nc1ccccc1)CC3(C)C. The first-order chi connectivity index (χ1) is 16.4. The van der Waals surface area contributed by atoms with Crippen LogP contribution in [0.15, 0.2) is 64.7 Å². The van der Waals surface area contributed by atoms with E-state index in [-0.39, 0.29) is 11.8 Å². The van der Waals surface area contributed by atoms with Gasteiger partial charge in [0, 0.05) is 47.0 Å². The van der Waals surface area contributed by atoms with Crippen molar-refractivity contribution in [1.29, 1.82) is 0 Å². The number of carboxylic acid groups (broad SMARTS) is 1. The Morgan fingerprint density at radius 2 is 1.88 bits per heavy atom. The smallest absolute Gasteiger partial charge is 0.203 e. The molecule has 5 nitrogen and oxygen atoms in total. The molecule has 0 saturated carbocycles. The van der Waals surface area contributed by atoms with Crippen LogP contribution in [0.5, 0.6) is 0 Å². The first-order valence-corrected chi connectivity index (χ1v) is 12.2. The lowest BCUT2D eigenvalue weighted by Gasteiger charge is -2.32. The average Bonchev–Trinajstić information content (AvgIpc) is 2.80. The van der Waals surface area contributed by atoms with Crippen LogP contribution in [0, 0.1) is 0 Å². The predicted octanol–water partition coefficient (Wildman–Crippen LogP) is 4.62. The van der Waals surface area contributed by atoms with Gasteiger partial charge in [-0.15, -0.1) is 0 Å². The number of unbranched alkanes of at least 4 members (excludes halogenated alkanes) is 2. The van der Waals surface area contributed by atoms with Crippen molar-refractivity contribution in [2.75, 3.05) is 18.4 Å². The van der Waals surface area contributed by atoms with E-state index in [4.69, 9.17) is 4.42 Å². The van der Waals surface area contributed by atoms with Crippen molar-refractivity contribution in [2.24, 2.45) is 0 Å². The fourth-order valence-electron chi connectivity index (χ4n) is 4.75. The Hall–Kier alpha value is -3.34. The summed E-state index contributed by atoms with van der Waals surface area (Å²) in [7, 11) is 0. The molecule has 34 heavy (non-hydrogen) atoms.